The Balaban J connectivity index is 0. The molecule has 1 atom stereocenters. The maximum absolute atomic E-state index is 11.2. The molecule has 0 spiro atoms. The van der Waals surface area contributed by atoms with Crippen LogP contribution in [0.5, 0.6) is 0 Å². The number of hydrogen-bond donors (Lipinski definition) is 3. The third-order valence-corrected chi connectivity index (χ3v) is 1.89. The summed E-state index contributed by atoms with van der Waals surface area (Å²) in [5.41, 5.74) is 0.551. The molecule has 7 nitrogen and oxygen atoms in total. The maximum atomic E-state index is 11.2. The van der Waals surface area contributed by atoms with Crippen LogP contribution < -0.4 is 5.32 Å². The van der Waals surface area contributed by atoms with Gasteiger partial charge in [0.2, 0.25) is 0 Å². The number of carbonyl (C=O) groups is 1. The molecule has 0 saturated heterocycles. The van der Waals surface area contributed by atoms with E-state index in [1.807, 2.05) is 28.1 Å². The SMILES string of the molecule is C=C(C)C(=O)NC(C)[N+](C)(C)C.O=S(=O)(O)O. The molecule has 0 aliphatic heterocycles. The van der Waals surface area contributed by atoms with E-state index in [2.05, 4.69) is 11.9 Å². The Labute approximate surface area is 102 Å². The van der Waals surface area contributed by atoms with Crippen LogP contribution in [0.4, 0.5) is 0 Å². The standard InChI is InChI=1S/C9H18N2O.H2O4S/c1-7(2)9(12)10-8(3)11(4,5)6;1-5(2,3)4/h8H,1H2,2-6H3;(H2,1,2,3,4)/p+1. The van der Waals surface area contributed by atoms with Crippen LogP contribution >= 0.6 is 0 Å². The molecule has 0 aromatic heterocycles. The molecule has 0 rings (SSSR count). The molecule has 0 fully saturated rings. The summed E-state index contributed by atoms with van der Waals surface area (Å²) in [7, 11) is 1.43. The zero-order chi connectivity index (χ0) is 14.4. The molecule has 0 heterocycles. The molecule has 8 heteroatoms. The summed E-state index contributed by atoms with van der Waals surface area (Å²) in [5.74, 6) is -0.0736. The lowest BCUT2D eigenvalue weighted by atomic mass is 10.3. The van der Waals surface area contributed by atoms with Crippen molar-refractivity contribution in [2.75, 3.05) is 21.1 Å². The number of nitrogens with one attached hydrogen (secondary N) is 1. The van der Waals surface area contributed by atoms with Crippen LogP contribution in [0.3, 0.4) is 0 Å². The molecule has 3 N–H and O–H groups in total. The average Bonchev–Trinajstić information content (AvgIpc) is 1.98. The Morgan fingerprint density at radius 1 is 1.29 bits per heavy atom. The second kappa shape index (κ2) is 6.70. The van der Waals surface area contributed by atoms with E-state index in [-0.39, 0.29) is 12.1 Å². The highest BCUT2D eigenvalue weighted by Gasteiger charge is 2.19. The van der Waals surface area contributed by atoms with Gasteiger partial charge < -0.3 is 9.80 Å². The normalized spacial score (nSPS) is 13.1. The molecule has 1 unspecified atom stereocenters. The Bertz CT molecular complexity index is 361. The first-order valence-electron chi connectivity index (χ1n) is 4.72. The Morgan fingerprint density at radius 2 is 1.59 bits per heavy atom. The maximum Gasteiger partial charge on any atom is 0.394 e. The topological polar surface area (TPSA) is 104 Å². The number of carbonyl (C=O) groups excluding carboxylic acids is 1. The molecule has 0 saturated carbocycles. The molecule has 0 aliphatic carbocycles. The van der Waals surface area contributed by atoms with Gasteiger partial charge in [-0.05, 0) is 6.92 Å². The molecular formula is C9H21N2O5S+. The quantitative estimate of drug-likeness (QED) is 0.291. The molecule has 0 bridgehead atoms. The number of hydrogen-bond acceptors (Lipinski definition) is 3. The van der Waals surface area contributed by atoms with Crippen molar-refractivity contribution in [2.24, 2.45) is 0 Å². The highest BCUT2D eigenvalue weighted by atomic mass is 32.3. The van der Waals surface area contributed by atoms with Gasteiger partial charge >= 0.3 is 10.4 Å². The van der Waals surface area contributed by atoms with Crippen molar-refractivity contribution in [1.82, 2.24) is 5.32 Å². The lowest BCUT2D eigenvalue weighted by Crippen LogP contribution is -2.53. The fourth-order valence-electron chi connectivity index (χ4n) is 0.507. The minimum Gasteiger partial charge on any atom is -0.312 e. The van der Waals surface area contributed by atoms with Gasteiger partial charge in [0.1, 0.15) is 0 Å². The summed E-state index contributed by atoms with van der Waals surface area (Å²) in [6, 6.07) is 0. The molecule has 0 aromatic carbocycles. The fraction of sp³-hybridized carbons (Fsp3) is 0.667. The van der Waals surface area contributed by atoms with Crippen molar-refractivity contribution in [3.05, 3.63) is 12.2 Å². The van der Waals surface area contributed by atoms with Crippen LogP contribution in [0.2, 0.25) is 0 Å². The van der Waals surface area contributed by atoms with E-state index in [4.69, 9.17) is 17.5 Å². The first-order chi connectivity index (χ1) is 7.25. The van der Waals surface area contributed by atoms with E-state index in [1.165, 1.54) is 0 Å². The van der Waals surface area contributed by atoms with Gasteiger partial charge in [-0.1, -0.05) is 6.58 Å². The summed E-state index contributed by atoms with van der Waals surface area (Å²) in [6.45, 7) is 7.25. The average molecular weight is 269 g/mol. The summed E-state index contributed by atoms with van der Waals surface area (Å²) in [4.78, 5) is 11.2. The van der Waals surface area contributed by atoms with Crippen LogP contribution in [-0.2, 0) is 15.2 Å². The van der Waals surface area contributed by atoms with E-state index >= 15 is 0 Å². The summed E-state index contributed by atoms with van der Waals surface area (Å²) in [6.07, 6.45) is 0.106. The number of quaternary nitrogens is 1. The van der Waals surface area contributed by atoms with Crippen molar-refractivity contribution in [2.45, 2.75) is 20.0 Å². The Kier molecular flexibility index (Phi) is 7.25. The van der Waals surface area contributed by atoms with Crippen molar-refractivity contribution >= 4 is 16.3 Å². The largest absolute Gasteiger partial charge is 0.394 e. The van der Waals surface area contributed by atoms with Crippen LogP contribution in [0.25, 0.3) is 0 Å². The second-order valence-corrected chi connectivity index (χ2v) is 5.39. The Morgan fingerprint density at radius 3 is 1.76 bits per heavy atom. The van der Waals surface area contributed by atoms with Crippen LogP contribution in [0.15, 0.2) is 12.2 Å². The van der Waals surface area contributed by atoms with Crippen molar-refractivity contribution in [3.63, 3.8) is 0 Å². The predicted molar refractivity (Wildman–Crippen MR) is 64.6 cm³/mol. The smallest absolute Gasteiger partial charge is 0.312 e. The fourth-order valence-corrected chi connectivity index (χ4v) is 0.507. The van der Waals surface area contributed by atoms with E-state index in [9.17, 15) is 4.79 Å². The van der Waals surface area contributed by atoms with Gasteiger partial charge in [-0.25, -0.2) is 0 Å². The highest BCUT2D eigenvalue weighted by Crippen LogP contribution is 1.99. The van der Waals surface area contributed by atoms with Gasteiger partial charge in [0, 0.05) is 12.5 Å². The van der Waals surface area contributed by atoms with Crippen molar-refractivity contribution in [1.29, 1.82) is 0 Å². The van der Waals surface area contributed by atoms with Gasteiger partial charge in [0.15, 0.2) is 6.17 Å². The third kappa shape index (κ3) is 15.0. The first-order valence-corrected chi connectivity index (χ1v) is 6.12. The van der Waals surface area contributed by atoms with Crippen LogP contribution in [-0.4, -0.2) is 55.2 Å². The van der Waals surface area contributed by atoms with Gasteiger partial charge in [-0.15, -0.1) is 0 Å². The monoisotopic (exact) mass is 269 g/mol. The van der Waals surface area contributed by atoms with E-state index in [1.54, 1.807) is 6.92 Å². The highest BCUT2D eigenvalue weighted by molar-refractivity contribution is 7.79. The Hall–Kier alpha value is -0.960. The molecule has 0 aliphatic rings. The van der Waals surface area contributed by atoms with Gasteiger partial charge in [0.25, 0.3) is 5.91 Å². The van der Waals surface area contributed by atoms with Crippen LogP contribution in [0.1, 0.15) is 13.8 Å². The molecule has 17 heavy (non-hydrogen) atoms. The van der Waals surface area contributed by atoms with Crippen molar-refractivity contribution in [3.8, 4) is 0 Å². The van der Waals surface area contributed by atoms with E-state index in [0.29, 0.717) is 10.1 Å². The minimum absolute atomic E-state index is 0.0736. The van der Waals surface area contributed by atoms with Crippen molar-refractivity contribution < 1.29 is 26.8 Å². The third-order valence-electron chi connectivity index (χ3n) is 1.89. The minimum atomic E-state index is -4.67. The lowest BCUT2D eigenvalue weighted by molar-refractivity contribution is -0.896. The molecule has 0 aromatic rings. The summed E-state index contributed by atoms with van der Waals surface area (Å²) in [5, 5.41) is 2.85. The van der Waals surface area contributed by atoms with Gasteiger partial charge in [0.05, 0.1) is 21.1 Å². The van der Waals surface area contributed by atoms with E-state index < -0.39 is 10.4 Å². The van der Waals surface area contributed by atoms with E-state index in [0.717, 1.165) is 0 Å². The lowest BCUT2D eigenvalue weighted by Gasteiger charge is -2.31. The summed E-state index contributed by atoms with van der Waals surface area (Å²) < 4.78 is 32.3. The molecule has 0 radical (unpaired) electrons. The number of nitrogens with zero attached hydrogens (tertiary/aromatic N) is 1. The second-order valence-electron chi connectivity index (χ2n) is 4.49. The van der Waals surface area contributed by atoms with Gasteiger partial charge in [-0.2, -0.15) is 8.42 Å². The molecule has 102 valence electrons. The number of amides is 1. The van der Waals surface area contributed by atoms with Gasteiger partial charge in [-0.3, -0.25) is 13.9 Å². The predicted octanol–water partition coefficient (Wildman–Crippen LogP) is 0.0781. The number of rotatable bonds is 3. The molecular weight excluding hydrogens is 248 g/mol. The van der Waals surface area contributed by atoms with Crippen LogP contribution in [0, 0.1) is 0 Å². The summed E-state index contributed by atoms with van der Waals surface area (Å²) >= 11 is 0. The first kappa shape index (κ1) is 18.4. The zero-order valence-electron chi connectivity index (χ0n) is 10.8. The zero-order valence-corrected chi connectivity index (χ0v) is 11.6. The molecule has 1 amide bonds.